The Bertz CT molecular complexity index is 476. The van der Waals surface area contributed by atoms with Gasteiger partial charge in [0.1, 0.15) is 5.82 Å². The van der Waals surface area contributed by atoms with Crippen LogP contribution in [0.5, 0.6) is 0 Å². The number of oxime groups is 1. The molecule has 21 heavy (non-hydrogen) atoms. The summed E-state index contributed by atoms with van der Waals surface area (Å²) < 4.78 is 13.4. The molecular formula is C16H26FN3O. The standard InChI is InChI=1S/C16H26FN3O/c1-11(2)8-20(9-12(3)4)10-13-5-6-14(17)7-15(13)16(18)19-21/h5-7,11-12,21H,8-10H2,1-4H3,(H2,18,19). The average Bonchev–Trinajstić information content (AvgIpc) is 2.38. The van der Waals surface area contributed by atoms with E-state index in [0.717, 1.165) is 18.7 Å². The number of halogens is 1. The number of hydrogen-bond acceptors (Lipinski definition) is 3. The monoisotopic (exact) mass is 295 g/mol. The lowest BCUT2D eigenvalue weighted by molar-refractivity contribution is 0.211. The van der Waals surface area contributed by atoms with Gasteiger partial charge in [-0.2, -0.15) is 0 Å². The molecular weight excluding hydrogens is 269 g/mol. The van der Waals surface area contributed by atoms with Crippen LogP contribution in [-0.4, -0.2) is 29.0 Å². The summed E-state index contributed by atoms with van der Waals surface area (Å²) in [6, 6.07) is 4.43. The van der Waals surface area contributed by atoms with Gasteiger partial charge in [-0.3, -0.25) is 4.90 Å². The summed E-state index contributed by atoms with van der Waals surface area (Å²) in [5, 5.41) is 11.9. The van der Waals surface area contributed by atoms with Gasteiger partial charge in [-0.1, -0.05) is 38.9 Å². The fraction of sp³-hybridized carbons (Fsp3) is 0.562. The van der Waals surface area contributed by atoms with Crippen molar-refractivity contribution in [1.82, 2.24) is 4.90 Å². The maximum absolute atomic E-state index is 13.4. The Morgan fingerprint density at radius 1 is 1.24 bits per heavy atom. The van der Waals surface area contributed by atoms with E-state index in [9.17, 15) is 4.39 Å². The Balaban J connectivity index is 3.02. The first kappa shape index (κ1) is 17.4. The predicted molar refractivity (Wildman–Crippen MR) is 83.9 cm³/mol. The molecule has 0 aromatic heterocycles. The third kappa shape index (κ3) is 5.71. The second-order valence-electron chi connectivity index (χ2n) is 6.27. The summed E-state index contributed by atoms with van der Waals surface area (Å²) in [5.41, 5.74) is 6.98. The van der Waals surface area contributed by atoms with Crippen molar-refractivity contribution in [2.45, 2.75) is 34.2 Å². The van der Waals surface area contributed by atoms with Crippen LogP contribution in [0.1, 0.15) is 38.8 Å². The first-order valence-electron chi connectivity index (χ1n) is 7.32. The number of nitrogens with zero attached hydrogens (tertiary/aromatic N) is 2. The molecule has 0 aliphatic rings. The summed E-state index contributed by atoms with van der Waals surface area (Å²) in [4.78, 5) is 2.32. The molecule has 0 saturated carbocycles. The van der Waals surface area contributed by atoms with Crippen LogP contribution >= 0.6 is 0 Å². The van der Waals surface area contributed by atoms with Crippen molar-refractivity contribution in [2.75, 3.05) is 13.1 Å². The highest BCUT2D eigenvalue weighted by Gasteiger charge is 2.15. The van der Waals surface area contributed by atoms with Gasteiger partial charge in [0.05, 0.1) is 0 Å². The van der Waals surface area contributed by atoms with Gasteiger partial charge in [0.15, 0.2) is 5.84 Å². The Morgan fingerprint density at radius 3 is 2.29 bits per heavy atom. The zero-order valence-corrected chi connectivity index (χ0v) is 13.3. The van der Waals surface area contributed by atoms with Crippen LogP contribution in [0.4, 0.5) is 4.39 Å². The number of benzene rings is 1. The van der Waals surface area contributed by atoms with Crippen LogP contribution in [0, 0.1) is 17.7 Å². The lowest BCUT2D eigenvalue weighted by Crippen LogP contribution is -2.32. The maximum Gasteiger partial charge on any atom is 0.170 e. The Morgan fingerprint density at radius 2 is 1.81 bits per heavy atom. The highest BCUT2D eigenvalue weighted by molar-refractivity contribution is 5.98. The van der Waals surface area contributed by atoms with E-state index in [0.29, 0.717) is 23.9 Å². The van der Waals surface area contributed by atoms with Gasteiger partial charge in [-0.25, -0.2) is 4.39 Å². The normalized spacial score (nSPS) is 12.7. The molecule has 1 aromatic carbocycles. The summed E-state index contributed by atoms with van der Waals surface area (Å²) in [6.45, 7) is 11.2. The van der Waals surface area contributed by atoms with Crippen LogP contribution in [0.2, 0.25) is 0 Å². The molecule has 0 heterocycles. The molecule has 1 aromatic rings. The van der Waals surface area contributed by atoms with Gasteiger partial charge in [0.2, 0.25) is 0 Å². The Hall–Kier alpha value is -1.62. The predicted octanol–water partition coefficient (Wildman–Crippen LogP) is 3.03. The summed E-state index contributed by atoms with van der Waals surface area (Å²) >= 11 is 0. The van der Waals surface area contributed by atoms with E-state index in [1.807, 2.05) is 0 Å². The van der Waals surface area contributed by atoms with Crippen LogP contribution in [-0.2, 0) is 6.54 Å². The highest BCUT2D eigenvalue weighted by Crippen LogP contribution is 2.16. The van der Waals surface area contributed by atoms with Crippen molar-refractivity contribution in [1.29, 1.82) is 0 Å². The molecule has 0 radical (unpaired) electrons. The molecule has 0 spiro atoms. The molecule has 0 unspecified atom stereocenters. The lowest BCUT2D eigenvalue weighted by Gasteiger charge is -2.27. The minimum Gasteiger partial charge on any atom is -0.409 e. The first-order valence-corrected chi connectivity index (χ1v) is 7.32. The largest absolute Gasteiger partial charge is 0.409 e. The van der Waals surface area contributed by atoms with Gasteiger partial charge < -0.3 is 10.9 Å². The number of amidine groups is 1. The molecule has 118 valence electrons. The lowest BCUT2D eigenvalue weighted by atomic mass is 10.0. The summed E-state index contributed by atoms with van der Waals surface area (Å²) in [6.07, 6.45) is 0. The van der Waals surface area contributed by atoms with E-state index in [1.54, 1.807) is 6.07 Å². The fourth-order valence-corrected chi connectivity index (χ4v) is 2.46. The number of hydrogen-bond donors (Lipinski definition) is 2. The van der Waals surface area contributed by atoms with Crippen molar-refractivity contribution < 1.29 is 9.60 Å². The van der Waals surface area contributed by atoms with E-state index in [2.05, 4.69) is 37.8 Å². The maximum atomic E-state index is 13.4. The minimum absolute atomic E-state index is 0.0569. The Kier molecular flexibility index (Phi) is 6.62. The van der Waals surface area contributed by atoms with Crippen LogP contribution in [0.3, 0.4) is 0 Å². The van der Waals surface area contributed by atoms with Crippen LogP contribution < -0.4 is 5.73 Å². The zero-order valence-electron chi connectivity index (χ0n) is 13.3. The minimum atomic E-state index is -0.389. The van der Waals surface area contributed by atoms with Gasteiger partial charge >= 0.3 is 0 Å². The number of rotatable bonds is 7. The van der Waals surface area contributed by atoms with Gasteiger partial charge in [-0.15, -0.1) is 0 Å². The van der Waals surface area contributed by atoms with E-state index in [1.165, 1.54) is 12.1 Å². The number of nitrogens with two attached hydrogens (primary N) is 1. The molecule has 0 bridgehead atoms. The molecule has 0 aliphatic heterocycles. The van der Waals surface area contributed by atoms with Gasteiger partial charge in [-0.05, 0) is 29.5 Å². The van der Waals surface area contributed by atoms with E-state index in [-0.39, 0.29) is 11.7 Å². The molecule has 0 atom stereocenters. The van der Waals surface area contributed by atoms with Gasteiger partial charge in [0.25, 0.3) is 0 Å². The van der Waals surface area contributed by atoms with E-state index < -0.39 is 0 Å². The molecule has 0 saturated heterocycles. The molecule has 3 N–H and O–H groups in total. The molecule has 0 aliphatic carbocycles. The van der Waals surface area contributed by atoms with Crippen LogP contribution in [0.15, 0.2) is 23.4 Å². The summed E-state index contributed by atoms with van der Waals surface area (Å²) in [5.74, 6) is 0.631. The van der Waals surface area contributed by atoms with Crippen LogP contribution in [0.25, 0.3) is 0 Å². The SMILES string of the molecule is CC(C)CN(Cc1ccc(F)cc1C(N)=NO)CC(C)C. The van der Waals surface area contributed by atoms with E-state index in [4.69, 9.17) is 10.9 Å². The van der Waals surface area contributed by atoms with Crippen molar-refractivity contribution in [3.63, 3.8) is 0 Å². The molecule has 0 amide bonds. The second kappa shape index (κ2) is 7.98. The topological polar surface area (TPSA) is 61.8 Å². The van der Waals surface area contributed by atoms with E-state index >= 15 is 0 Å². The average molecular weight is 295 g/mol. The van der Waals surface area contributed by atoms with Crippen molar-refractivity contribution >= 4 is 5.84 Å². The third-order valence-electron chi connectivity index (χ3n) is 3.10. The zero-order chi connectivity index (χ0) is 16.0. The fourth-order valence-electron chi connectivity index (χ4n) is 2.46. The molecule has 4 nitrogen and oxygen atoms in total. The highest BCUT2D eigenvalue weighted by atomic mass is 19.1. The Labute approximate surface area is 126 Å². The smallest absolute Gasteiger partial charge is 0.170 e. The second-order valence-corrected chi connectivity index (χ2v) is 6.27. The van der Waals surface area contributed by atoms with Crippen molar-refractivity contribution in [2.24, 2.45) is 22.7 Å². The van der Waals surface area contributed by atoms with Gasteiger partial charge in [0, 0.05) is 25.2 Å². The third-order valence-corrected chi connectivity index (χ3v) is 3.10. The van der Waals surface area contributed by atoms with Crippen molar-refractivity contribution in [3.8, 4) is 0 Å². The molecule has 5 heteroatoms. The quantitative estimate of drug-likeness (QED) is 0.352. The summed E-state index contributed by atoms with van der Waals surface area (Å²) in [7, 11) is 0. The van der Waals surface area contributed by atoms with Crippen molar-refractivity contribution in [3.05, 3.63) is 35.1 Å². The molecule has 0 fully saturated rings. The first-order chi connectivity index (χ1) is 9.83. The molecule has 1 rings (SSSR count).